The minimum Gasteiger partial charge on any atom is -0.368 e. The summed E-state index contributed by atoms with van der Waals surface area (Å²) in [5.41, 5.74) is 6.53. The number of anilines is 3. The third-order valence-corrected chi connectivity index (χ3v) is 2.93. The number of hydrogen-bond donors (Lipinski definition) is 2. The van der Waals surface area contributed by atoms with Crippen LogP contribution in [0.1, 0.15) is 5.56 Å². The van der Waals surface area contributed by atoms with Crippen LogP contribution < -0.4 is 11.1 Å². The second kappa shape index (κ2) is 5.21. The van der Waals surface area contributed by atoms with Crippen molar-refractivity contribution in [3.63, 3.8) is 0 Å². The summed E-state index contributed by atoms with van der Waals surface area (Å²) in [4.78, 5) is 7.86. The van der Waals surface area contributed by atoms with Gasteiger partial charge in [-0.15, -0.1) is 0 Å². The van der Waals surface area contributed by atoms with Crippen LogP contribution >= 0.6 is 27.5 Å². The summed E-state index contributed by atoms with van der Waals surface area (Å²) in [6, 6.07) is 6.99. The zero-order chi connectivity index (χ0) is 13.1. The lowest BCUT2D eigenvalue weighted by atomic mass is 10.2. The monoisotopic (exact) mass is 323 g/mol. The molecule has 1 aromatic heterocycles. The third-order valence-electron chi connectivity index (χ3n) is 2.12. The molecule has 0 radical (unpaired) electrons. The van der Waals surface area contributed by atoms with E-state index in [9.17, 15) is 0 Å². The number of rotatable bonds is 2. The number of hydrogen-bond acceptors (Lipinski definition) is 5. The van der Waals surface area contributed by atoms with Crippen LogP contribution in [0.4, 0.5) is 17.5 Å². The Morgan fingerprint density at radius 3 is 2.94 bits per heavy atom. The zero-order valence-electron chi connectivity index (χ0n) is 8.98. The van der Waals surface area contributed by atoms with Crippen molar-refractivity contribution in [3.8, 4) is 6.07 Å². The molecule has 1 aromatic carbocycles. The molecule has 0 atom stereocenters. The van der Waals surface area contributed by atoms with E-state index < -0.39 is 0 Å². The minimum absolute atomic E-state index is 0.140. The van der Waals surface area contributed by atoms with E-state index in [-0.39, 0.29) is 5.95 Å². The van der Waals surface area contributed by atoms with E-state index in [1.54, 1.807) is 18.2 Å². The first-order valence-electron chi connectivity index (χ1n) is 4.85. The van der Waals surface area contributed by atoms with Crippen LogP contribution in [0.3, 0.4) is 0 Å². The molecule has 90 valence electrons. The number of aromatic nitrogens is 2. The largest absolute Gasteiger partial charge is 0.368 e. The third kappa shape index (κ3) is 2.70. The van der Waals surface area contributed by atoms with Crippen molar-refractivity contribution in [2.75, 3.05) is 11.1 Å². The van der Waals surface area contributed by atoms with Gasteiger partial charge in [0.25, 0.3) is 0 Å². The molecule has 0 aliphatic rings. The number of halogens is 2. The Hall–Kier alpha value is -1.84. The van der Waals surface area contributed by atoms with E-state index >= 15 is 0 Å². The van der Waals surface area contributed by atoms with Crippen molar-refractivity contribution in [2.24, 2.45) is 0 Å². The Kier molecular flexibility index (Phi) is 3.65. The summed E-state index contributed by atoms with van der Waals surface area (Å²) in [6.45, 7) is 0. The van der Waals surface area contributed by atoms with Crippen molar-refractivity contribution < 1.29 is 0 Å². The molecule has 18 heavy (non-hydrogen) atoms. The Balaban J connectivity index is 2.43. The summed E-state index contributed by atoms with van der Waals surface area (Å²) in [5, 5.41) is 12.5. The summed E-state index contributed by atoms with van der Waals surface area (Å²) < 4.78 is 0.639. The molecule has 0 unspecified atom stereocenters. The van der Waals surface area contributed by atoms with E-state index in [1.807, 2.05) is 0 Å². The SMILES string of the molecule is N#Cc1ccc(Cl)cc1Nc1nc(N)ncc1Br. The molecule has 0 bridgehead atoms. The van der Waals surface area contributed by atoms with E-state index in [0.717, 1.165) is 0 Å². The average molecular weight is 325 g/mol. The van der Waals surface area contributed by atoms with E-state index in [0.29, 0.717) is 26.6 Å². The molecule has 0 spiro atoms. The van der Waals surface area contributed by atoms with Crippen molar-refractivity contribution in [2.45, 2.75) is 0 Å². The first kappa shape index (κ1) is 12.6. The highest BCUT2D eigenvalue weighted by atomic mass is 79.9. The van der Waals surface area contributed by atoms with E-state index in [1.165, 1.54) is 6.20 Å². The van der Waals surface area contributed by atoms with E-state index in [4.69, 9.17) is 22.6 Å². The maximum atomic E-state index is 9.01. The van der Waals surface area contributed by atoms with Crippen molar-refractivity contribution >= 4 is 45.0 Å². The number of nitrogens with one attached hydrogen (secondary N) is 1. The van der Waals surface area contributed by atoms with E-state index in [2.05, 4.69) is 37.3 Å². The molecular formula is C11H7BrClN5. The van der Waals surface area contributed by atoms with Gasteiger partial charge in [-0.2, -0.15) is 10.2 Å². The normalized spacial score (nSPS) is 9.83. The van der Waals surface area contributed by atoms with Crippen LogP contribution in [-0.4, -0.2) is 9.97 Å². The van der Waals surface area contributed by atoms with Crippen LogP contribution in [0.2, 0.25) is 5.02 Å². The fourth-order valence-corrected chi connectivity index (χ4v) is 1.78. The van der Waals surface area contributed by atoms with Gasteiger partial charge in [0.05, 0.1) is 15.7 Å². The quantitative estimate of drug-likeness (QED) is 0.886. The number of nitrogen functional groups attached to an aromatic ring is 1. The van der Waals surface area contributed by atoms with Gasteiger partial charge in [-0.1, -0.05) is 11.6 Å². The van der Waals surface area contributed by atoms with Gasteiger partial charge in [0, 0.05) is 11.2 Å². The van der Waals surface area contributed by atoms with Crippen LogP contribution in [0.5, 0.6) is 0 Å². The number of nitriles is 1. The summed E-state index contributed by atoms with van der Waals surface area (Å²) in [6.07, 6.45) is 1.53. The average Bonchev–Trinajstić information content (AvgIpc) is 2.34. The van der Waals surface area contributed by atoms with Crippen molar-refractivity contribution in [3.05, 3.63) is 39.5 Å². The Bertz CT molecular complexity index is 638. The topological polar surface area (TPSA) is 87.6 Å². The standard InChI is InChI=1S/C11H7BrClN5/c12-8-5-16-11(15)18-10(8)17-9-3-7(13)2-1-6(9)4-14/h1-3,5H,(H3,15,16,17,18). The number of nitrogens with zero attached hydrogens (tertiary/aromatic N) is 3. The van der Waals surface area contributed by atoms with Gasteiger partial charge in [0.2, 0.25) is 5.95 Å². The van der Waals surface area contributed by atoms with Gasteiger partial charge in [-0.3, -0.25) is 0 Å². The van der Waals surface area contributed by atoms with Crippen LogP contribution in [0.15, 0.2) is 28.9 Å². The minimum atomic E-state index is 0.140. The highest BCUT2D eigenvalue weighted by molar-refractivity contribution is 9.10. The molecule has 0 fully saturated rings. The van der Waals surface area contributed by atoms with Crippen LogP contribution in [0.25, 0.3) is 0 Å². The molecule has 3 N–H and O–H groups in total. The molecule has 0 saturated carbocycles. The second-order valence-corrected chi connectivity index (χ2v) is 4.64. The van der Waals surface area contributed by atoms with Crippen LogP contribution in [0, 0.1) is 11.3 Å². The molecule has 0 aliphatic carbocycles. The lowest BCUT2D eigenvalue weighted by Gasteiger charge is -2.09. The molecule has 1 heterocycles. The van der Waals surface area contributed by atoms with Gasteiger partial charge >= 0.3 is 0 Å². The smallest absolute Gasteiger partial charge is 0.222 e. The molecule has 7 heteroatoms. The summed E-state index contributed by atoms with van der Waals surface area (Å²) in [5.74, 6) is 0.613. The lowest BCUT2D eigenvalue weighted by Crippen LogP contribution is -2.01. The highest BCUT2D eigenvalue weighted by Gasteiger charge is 2.08. The number of benzene rings is 1. The summed E-state index contributed by atoms with van der Waals surface area (Å²) >= 11 is 9.19. The zero-order valence-corrected chi connectivity index (χ0v) is 11.3. The first-order valence-corrected chi connectivity index (χ1v) is 6.02. The van der Waals surface area contributed by atoms with Gasteiger partial charge in [0.1, 0.15) is 11.9 Å². The lowest BCUT2D eigenvalue weighted by molar-refractivity contribution is 1.17. The van der Waals surface area contributed by atoms with Gasteiger partial charge in [0.15, 0.2) is 0 Å². The fraction of sp³-hybridized carbons (Fsp3) is 0. The number of nitrogens with two attached hydrogens (primary N) is 1. The van der Waals surface area contributed by atoms with Crippen molar-refractivity contribution in [1.82, 2.24) is 9.97 Å². The molecule has 2 rings (SSSR count). The highest BCUT2D eigenvalue weighted by Crippen LogP contribution is 2.27. The van der Waals surface area contributed by atoms with Gasteiger partial charge in [-0.05, 0) is 34.1 Å². The predicted octanol–water partition coefficient (Wildman–Crippen LogP) is 3.09. The predicted molar refractivity (Wildman–Crippen MR) is 73.6 cm³/mol. The molecular weight excluding hydrogens is 318 g/mol. The molecule has 0 saturated heterocycles. The summed E-state index contributed by atoms with van der Waals surface area (Å²) in [7, 11) is 0. The maximum Gasteiger partial charge on any atom is 0.222 e. The molecule has 5 nitrogen and oxygen atoms in total. The van der Waals surface area contributed by atoms with Gasteiger partial charge < -0.3 is 11.1 Å². The Morgan fingerprint density at radius 1 is 1.44 bits per heavy atom. The first-order chi connectivity index (χ1) is 8.60. The Labute approximate surface area is 117 Å². The second-order valence-electron chi connectivity index (χ2n) is 3.35. The molecule has 2 aromatic rings. The molecule has 0 amide bonds. The Morgan fingerprint density at radius 2 is 2.22 bits per heavy atom. The van der Waals surface area contributed by atoms with Crippen molar-refractivity contribution in [1.29, 1.82) is 5.26 Å². The van der Waals surface area contributed by atoms with Gasteiger partial charge in [-0.25, -0.2) is 4.98 Å². The van der Waals surface area contributed by atoms with Crippen LogP contribution in [-0.2, 0) is 0 Å². The maximum absolute atomic E-state index is 9.01. The fourth-order valence-electron chi connectivity index (χ4n) is 1.31. The molecule has 0 aliphatic heterocycles.